The third kappa shape index (κ3) is 4.32. The van der Waals surface area contributed by atoms with Crippen molar-refractivity contribution in [3.05, 3.63) is 83.6 Å². The van der Waals surface area contributed by atoms with Gasteiger partial charge >= 0.3 is 0 Å². The van der Waals surface area contributed by atoms with Gasteiger partial charge in [-0.05, 0) is 55.8 Å². The van der Waals surface area contributed by atoms with Crippen LogP contribution in [0.1, 0.15) is 18.1 Å². The first kappa shape index (κ1) is 22.9. The molecule has 0 unspecified atom stereocenters. The maximum absolute atomic E-state index is 13.6. The van der Waals surface area contributed by atoms with Crippen LogP contribution in [-0.4, -0.2) is 32.6 Å². The van der Waals surface area contributed by atoms with Gasteiger partial charge in [-0.3, -0.25) is 9.59 Å². The number of nitrogens with one attached hydrogen (secondary N) is 1. The molecule has 34 heavy (non-hydrogen) atoms. The number of anilines is 2. The van der Waals surface area contributed by atoms with Crippen LogP contribution in [0.5, 0.6) is 17.2 Å². The number of carbonyl (C=O) groups is 2. The van der Waals surface area contributed by atoms with Crippen molar-refractivity contribution < 1.29 is 23.8 Å². The summed E-state index contributed by atoms with van der Waals surface area (Å²) in [7, 11) is 3.03. The van der Waals surface area contributed by atoms with Crippen LogP contribution in [0.4, 0.5) is 11.4 Å². The van der Waals surface area contributed by atoms with Crippen molar-refractivity contribution in [2.75, 3.05) is 31.0 Å². The van der Waals surface area contributed by atoms with Gasteiger partial charge in [0.15, 0.2) is 11.5 Å². The van der Waals surface area contributed by atoms with E-state index in [1.54, 1.807) is 18.2 Å². The first-order valence-electron chi connectivity index (χ1n) is 10.9. The van der Waals surface area contributed by atoms with Crippen LogP contribution in [0.3, 0.4) is 0 Å². The van der Waals surface area contributed by atoms with Crippen molar-refractivity contribution in [1.29, 1.82) is 0 Å². The molecule has 1 aliphatic rings. The maximum Gasteiger partial charge on any atom is 0.282 e. The summed E-state index contributed by atoms with van der Waals surface area (Å²) >= 11 is 0. The van der Waals surface area contributed by atoms with E-state index in [1.807, 2.05) is 62.4 Å². The molecule has 0 aliphatic carbocycles. The lowest BCUT2D eigenvalue weighted by Crippen LogP contribution is -2.32. The van der Waals surface area contributed by atoms with E-state index in [9.17, 15) is 9.59 Å². The second-order valence-electron chi connectivity index (χ2n) is 7.68. The van der Waals surface area contributed by atoms with E-state index in [0.29, 0.717) is 40.6 Å². The van der Waals surface area contributed by atoms with Crippen molar-refractivity contribution >= 4 is 28.8 Å². The molecular weight excluding hydrogens is 432 g/mol. The molecule has 0 aromatic heterocycles. The lowest BCUT2D eigenvalue weighted by molar-refractivity contribution is -0.120. The molecule has 0 bridgehead atoms. The molecule has 3 aromatic rings. The molecule has 4 rings (SSSR count). The number of hydrogen-bond acceptors (Lipinski definition) is 6. The summed E-state index contributed by atoms with van der Waals surface area (Å²) in [6, 6.07) is 19.7. The van der Waals surface area contributed by atoms with Gasteiger partial charge in [-0.15, -0.1) is 0 Å². The quantitative estimate of drug-likeness (QED) is 0.489. The number of aryl methyl sites for hydroxylation is 1. The smallest absolute Gasteiger partial charge is 0.282 e. The lowest BCUT2D eigenvalue weighted by atomic mass is 10.0. The zero-order chi connectivity index (χ0) is 24.2. The third-order valence-electron chi connectivity index (χ3n) is 5.48. The largest absolute Gasteiger partial charge is 0.494 e. The normalized spacial score (nSPS) is 13.4. The van der Waals surface area contributed by atoms with Crippen molar-refractivity contribution in [1.82, 2.24) is 0 Å². The highest BCUT2D eigenvalue weighted by atomic mass is 16.5. The number of methoxy groups -OCH3 is 2. The Morgan fingerprint density at radius 1 is 0.824 bits per heavy atom. The minimum atomic E-state index is -0.457. The van der Waals surface area contributed by atoms with Gasteiger partial charge in [-0.25, -0.2) is 4.90 Å². The zero-order valence-electron chi connectivity index (χ0n) is 19.5. The second kappa shape index (κ2) is 9.70. The first-order valence-corrected chi connectivity index (χ1v) is 10.9. The predicted octanol–water partition coefficient (Wildman–Crippen LogP) is 4.81. The summed E-state index contributed by atoms with van der Waals surface area (Å²) < 4.78 is 16.2. The summed E-state index contributed by atoms with van der Waals surface area (Å²) in [5.74, 6) is 0.771. The minimum absolute atomic E-state index is 0.202. The Morgan fingerprint density at radius 3 is 2.12 bits per heavy atom. The zero-order valence-corrected chi connectivity index (χ0v) is 19.5. The van der Waals surface area contributed by atoms with E-state index in [4.69, 9.17) is 14.2 Å². The minimum Gasteiger partial charge on any atom is -0.494 e. The standard InChI is InChI=1S/C27H26N2O5/c1-5-34-21-13-10-19(11-14-21)28-25-24(18-8-6-17(2)7-9-18)26(30)29(27(25)31)20-12-15-22(32-3)23(16-20)33-4/h6-16,28H,5H2,1-4H3. The number of ether oxygens (including phenoxy) is 3. The number of imide groups is 1. The average Bonchev–Trinajstić information content (AvgIpc) is 3.09. The Balaban J connectivity index is 1.76. The third-order valence-corrected chi connectivity index (χ3v) is 5.48. The van der Waals surface area contributed by atoms with Crippen LogP contribution in [0, 0.1) is 6.92 Å². The molecule has 1 aliphatic heterocycles. The number of rotatable bonds is 8. The summed E-state index contributed by atoms with van der Waals surface area (Å²) in [5.41, 5.74) is 3.26. The Kier molecular flexibility index (Phi) is 6.54. The lowest BCUT2D eigenvalue weighted by Gasteiger charge is -2.17. The number of hydrogen-bond donors (Lipinski definition) is 1. The molecule has 0 saturated heterocycles. The van der Waals surface area contributed by atoms with Gasteiger partial charge in [0.25, 0.3) is 11.8 Å². The summed E-state index contributed by atoms with van der Waals surface area (Å²) in [6.45, 7) is 4.44. The molecular formula is C27H26N2O5. The molecule has 2 amide bonds. The van der Waals surface area contributed by atoms with E-state index in [1.165, 1.54) is 14.2 Å². The molecule has 7 heteroatoms. The highest BCUT2D eigenvalue weighted by molar-refractivity contribution is 6.46. The predicted molar refractivity (Wildman–Crippen MR) is 131 cm³/mol. The molecule has 0 atom stereocenters. The van der Waals surface area contributed by atoms with E-state index >= 15 is 0 Å². The van der Waals surface area contributed by atoms with Crippen molar-refractivity contribution in [2.45, 2.75) is 13.8 Å². The molecule has 1 heterocycles. The van der Waals surface area contributed by atoms with Crippen molar-refractivity contribution in [3.63, 3.8) is 0 Å². The van der Waals surface area contributed by atoms with Crippen LogP contribution in [-0.2, 0) is 9.59 Å². The Bertz CT molecular complexity index is 1250. The van der Waals surface area contributed by atoms with E-state index < -0.39 is 11.8 Å². The average molecular weight is 459 g/mol. The van der Waals surface area contributed by atoms with Crippen LogP contribution >= 0.6 is 0 Å². The molecule has 0 radical (unpaired) electrons. The van der Waals surface area contributed by atoms with Gasteiger partial charge in [0.2, 0.25) is 0 Å². The van der Waals surface area contributed by atoms with Gasteiger partial charge in [0.1, 0.15) is 11.4 Å². The SMILES string of the molecule is CCOc1ccc(NC2=C(c3ccc(C)cc3)C(=O)N(c3ccc(OC)c(OC)c3)C2=O)cc1. The van der Waals surface area contributed by atoms with Gasteiger partial charge in [-0.1, -0.05) is 29.8 Å². The fraction of sp³-hybridized carbons (Fsp3) is 0.185. The van der Waals surface area contributed by atoms with Gasteiger partial charge < -0.3 is 19.5 Å². The summed E-state index contributed by atoms with van der Waals surface area (Å²) in [6.07, 6.45) is 0. The van der Waals surface area contributed by atoms with Crippen molar-refractivity contribution in [2.24, 2.45) is 0 Å². The van der Waals surface area contributed by atoms with Gasteiger partial charge in [0.05, 0.1) is 32.1 Å². The second-order valence-corrected chi connectivity index (χ2v) is 7.68. The maximum atomic E-state index is 13.6. The van der Waals surface area contributed by atoms with E-state index in [2.05, 4.69) is 5.32 Å². The Morgan fingerprint density at radius 2 is 1.50 bits per heavy atom. The molecule has 0 fully saturated rings. The fourth-order valence-electron chi connectivity index (χ4n) is 3.78. The topological polar surface area (TPSA) is 77.1 Å². The van der Waals surface area contributed by atoms with E-state index in [-0.39, 0.29) is 5.70 Å². The number of benzene rings is 3. The van der Waals surface area contributed by atoms with Crippen LogP contribution in [0.15, 0.2) is 72.4 Å². The number of nitrogens with zero attached hydrogens (tertiary/aromatic N) is 1. The molecule has 174 valence electrons. The molecule has 7 nitrogen and oxygen atoms in total. The van der Waals surface area contributed by atoms with E-state index in [0.717, 1.165) is 16.2 Å². The molecule has 0 saturated carbocycles. The van der Waals surface area contributed by atoms with Crippen LogP contribution < -0.4 is 24.4 Å². The first-order chi connectivity index (χ1) is 16.5. The summed E-state index contributed by atoms with van der Waals surface area (Å²) in [5, 5.41) is 3.16. The number of carbonyl (C=O) groups excluding carboxylic acids is 2. The highest BCUT2D eigenvalue weighted by Gasteiger charge is 2.40. The van der Waals surface area contributed by atoms with Crippen LogP contribution in [0.2, 0.25) is 0 Å². The fourth-order valence-corrected chi connectivity index (χ4v) is 3.78. The number of amides is 2. The van der Waals surface area contributed by atoms with Crippen LogP contribution in [0.25, 0.3) is 5.57 Å². The van der Waals surface area contributed by atoms with Gasteiger partial charge in [-0.2, -0.15) is 0 Å². The van der Waals surface area contributed by atoms with Gasteiger partial charge in [0, 0.05) is 11.8 Å². The Hall–Kier alpha value is -4.26. The molecule has 1 N–H and O–H groups in total. The summed E-state index contributed by atoms with van der Waals surface area (Å²) in [4.78, 5) is 28.3. The highest BCUT2D eigenvalue weighted by Crippen LogP contribution is 2.37. The van der Waals surface area contributed by atoms with Crippen molar-refractivity contribution in [3.8, 4) is 17.2 Å². The Labute approximate surface area is 198 Å². The molecule has 3 aromatic carbocycles. The molecule has 0 spiro atoms. The monoisotopic (exact) mass is 458 g/mol.